The van der Waals surface area contributed by atoms with E-state index in [0.717, 1.165) is 6.42 Å². The number of carbonyl (C=O) groups excluding carboxylic acids is 1. The topological polar surface area (TPSA) is 29.1 Å². The van der Waals surface area contributed by atoms with Crippen molar-refractivity contribution in [2.45, 2.75) is 39.2 Å². The van der Waals surface area contributed by atoms with E-state index >= 15 is 0 Å². The third-order valence-corrected chi connectivity index (χ3v) is 2.44. The molecule has 1 rings (SSSR count). The molecule has 1 aliphatic rings. The zero-order valence-electron chi connectivity index (χ0n) is 8.10. The summed E-state index contributed by atoms with van der Waals surface area (Å²) in [6.45, 7) is 4.62. The number of halogens is 2. The summed E-state index contributed by atoms with van der Waals surface area (Å²) in [5, 5.41) is 2.36. The summed E-state index contributed by atoms with van der Waals surface area (Å²) in [6.07, 6.45) is -1.70. The van der Waals surface area contributed by atoms with Crippen LogP contribution in [0.15, 0.2) is 0 Å². The lowest BCUT2D eigenvalue weighted by molar-refractivity contribution is -0.126. The van der Waals surface area contributed by atoms with Crippen LogP contribution in [-0.4, -0.2) is 17.9 Å². The van der Waals surface area contributed by atoms with Crippen LogP contribution in [0.2, 0.25) is 0 Å². The number of amides is 1. The van der Waals surface area contributed by atoms with Gasteiger partial charge in [0, 0.05) is 5.92 Å². The summed E-state index contributed by atoms with van der Waals surface area (Å²) in [5.74, 6) is 0.0734. The molecule has 0 spiro atoms. The Bertz CT molecular complexity index is 216. The van der Waals surface area contributed by atoms with E-state index in [4.69, 9.17) is 0 Å². The molecule has 2 nitrogen and oxygen atoms in total. The quantitative estimate of drug-likeness (QED) is 0.724. The van der Waals surface area contributed by atoms with E-state index in [1.54, 1.807) is 0 Å². The molecule has 0 aromatic rings. The minimum absolute atomic E-state index is 0.0435. The van der Waals surface area contributed by atoms with Crippen molar-refractivity contribution in [3.63, 3.8) is 0 Å². The molecule has 0 unspecified atom stereocenters. The van der Waals surface area contributed by atoms with Gasteiger partial charge in [-0.2, -0.15) is 0 Å². The minimum Gasteiger partial charge on any atom is -0.345 e. The van der Waals surface area contributed by atoms with Gasteiger partial charge in [0.05, 0.1) is 5.54 Å². The minimum atomic E-state index is -2.52. The van der Waals surface area contributed by atoms with Crippen LogP contribution < -0.4 is 5.32 Å². The average Bonchev–Trinajstić information content (AvgIpc) is 2.65. The standard InChI is InChI=1S/C9H15F2NO/c1-5-4-6(5)7(13)12-9(2,3)8(10)11/h5-6,8H,4H2,1-3H3,(H,12,13)/t5-,6-/m0/s1. The van der Waals surface area contributed by atoms with Gasteiger partial charge < -0.3 is 5.32 Å². The van der Waals surface area contributed by atoms with E-state index in [1.165, 1.54) is 13.8 Å². The SMILES string of the molecule is C[C@H]1C[C@@H]1C(=O)NC(C)(C)C(F)F. The molecular formula is C9H15F2NO. The Balaban J connectivity index is 2.44. The summed E-state index contributed by atoms with van der Waals surface area (Å²) in [6, 6.07) is 0. The first-order chi connectivity index (χ1) is 5.84. The second-order valence-corrected chi connectivity index (χ2v) is 4.33. The number of nitrogens with one attached hydrogen (secondary N) is 1. The van der Waals surface area contributed by atoms with Crippen LogP contribution in [-0.2, 0) is 4.79 Å². The average molecular weight is 191 g/mol. The van der Waals surface area contributed by atoms with E-state index in [0.29, 0.717) is 5.92 Å². The van der Waals surface area contributed by atoms with Gasteiger partial charge in [0.2, 0.25) is 5.91 Å². The smallest absolute Gasteiger partial charge is 0.260 e. The highest BCUT2D eigenvalue weighted by Gasteiger charge is 2.42. The van der Waals surface area contributed by atoms with Crippen molar-refractivity contribution in [2.24, 2.45) is 11.8 Å². The summed E-state index contributed by atoms with van der Waals surface area (Å²) in [4.78, 5) is 11.3. The van der Waals surface area contributed by atoms with Gasteiger partial charge >= 0.3 is 0 Å². The maximum absolute atomic E-state index is 12.3. The van der Waals surface area contributed by atoms with Crippen molar-refractivity contribution in [3.05, 3.63) is 0 Å². The number of hydrogen-bond donors (Lipinski definition) is 1. The van der Waals surface area contributed by atoms with Crippen molar-refractivity contribution >= 4 is 5.91 Å². The van der Waals surface area contributed by atoms with Crippen LogP contribution in [0.3, 0.4) is 0 Å². The molecule has 1 amide bonds. The van der Waals surface area contributed by atoms with E-state index in [9.17, 15) is 13.6 Å². The molecule has 76 valence electrons. The normalized spacial score (nSPS) is 27.5. The maximum atomic E-state index is 12.3. The number of hydrogen-bond acceptors (Lipinski definition) is 1. The molecule has 0 bridgehead atoms. The molecular weight excluding hydrogens is 176 g/mol. The Kier molecular flexibility index (Phi) is 2.59. The molecule has 0 aromatic carbocycles. The van der Waals surface area contributed by atoms with Gasteiger partial charge in [0.25, 0.3) is 6.43 Å². The molecule has 1 fully saturated rings. The van der Waals surface area contributed by atoms with Crippen molar-refractivity contribution in [1.82, 2.24) is 5.32 Å². The second-order valence-electron chi connectivity index (χ2n) is 4.33. The Labute approximate surface area is 76.7 Å². The summed E-state index contributed by atoms with van der Waals surface area (Å²) < 4.78 is 24.7. The molecule has 0 heterocycles. The molecule has 1 N–H and O–H groups in total. The first-order valence-corrected chi connectivity index (χ1v) is 4.45. The van der Waals surface area contributed by atoms with E-state index in [-0.39, 0.29) is 11.8 Å². The predicted octanol–water partition coefficient (Wildman–Crippen LogP) is 1.80. The van der Waals surface area contributed by atoms with Crippen LogP contribution in [0.4, 0.5) is 8.78 Å². The summed E-state index contributed by atoms with van der Waals surface area (Å²) >= 11 is 0. The van der Waals surface area contributed by atoms with Gasteiger partial charge in [-0.05, 0) is 26.2 Å². The Hall–Kier alpha value is -0.670. The third kappa shape index (κ3) is 2.39. The highest BCUT2D eigenvalue weighted by Crippen LogP contribution is 2.38. The van der Waals surface area contributed by atoms with E-state index in [1.807, 2.05) is 6.92 Å². The molecule has 4 heteroatoms. The molecule has 0 aliphatic heterocycles. The molecule has 2 atom stereocenters. The Morgan fingerprint density at radius 1 is 1.54 bits per heavy atom. The van der Waals surface area contributed by atoms with Gasteiger partial charge in [0.15, 0.2) is 0 Å². The Morgan fingerprint density at radius 3 is 2.31 bits per heavy atom. The van der Waals surface area contributed by atoms with Crippen LogP contribution in [0.25, 0.3) is 0 Å². The first-order valence-electron chi connectivity index (χ1n) is 4.45. The van der Waals surface area contributed by atoms with Gasteiger partial charge in [-0.1, -0.05) is 6.92 Å². The number of alkyl halides is 2. The number of rotatable bonds is 3. The second kappa shape index (κ2) is 3.24. The fourth-order valence-corrected chi connectivity index (χ4v) is 1.15. The van der Waals surface area contributed by atoms with Crippen LogP contribution >= 0.6 is 0 Å². The van der Waals surface area contributed by atoms with Crippen LogP contribution in [0, 0.1) is 11.8 Å². The Morgan fingerprint density at radius 2 is 2.00 bits per heavy atom. The molecule has 0 aromatic heterocycles. The first kappa shape index (κ1) is 10.4. The molecule has 1 saturated carbocycles. The van der Waals surface area contributed by atoms with Crippen molar-refractivity contribution < 1.29 is 13.6 Å². The molecule has 0 saturated heterocycles. The van der Waals surface area contributed by atoms with Crippen molar-refractivity contribution in [3.8, 4) is 0 Å². The third-order valence-electron chi connectivity index (χ3n) is 2.44. The highest BCUT2D eigenvalue weighted by atomic mass is 19.3. The zero-order valence-corrected chi connectivity index (χ0v) is 8.10. The van der Waals surface area contributed by atoms with Crippen LogP contribution in [0.5, 0.6) is 0 Å². The highest BCUT2D eigenvalue weighted by molar-refractivity contribution is 5.82. The lowest BCUT2D eigenvalue weighted by atomic mass is 10.1. The largest absolute Gasteiger partial charge is 0.345 e. The maximum Gasteiger partial charge on any atom is 0.260 e. The van der Waals surface area contributed by atoms with Crippen molar-refractivity contribution in [2.75, 3.05) is 0 Å². The van der Waals surface area contributed by atoms with Gasteiger partial charge in [-0.3, -0.25) is 4.79 Å². The number of carbonyl (C=O) groups is 1. The molecule has 0 radical (unpaired) electrons. The monoisotopic (exact) mass is 191 g/mol. The molecule has 13 heavy (non-hydrogen) atoms. The van der Waals surface area contributed by atoms with Crippen molar-refractivity contribution in [1.29, 1.82) is 0 Å². The summed E-state index contributed by atoms with van der Waals surface area (Å²) in [7, 11) is 0. The molecule has 1 aliphatic carbocycles. The fourth-order valence-electron chi connectivity index (χ4n) is 1.15. The van der Waals surface area contributed by atoms with Gasteiger partial charge in [0.1, 0.15) is 0 Å². The van der Waals surface area contributed by atoms with E-state index in [2.05, 4.69) is 5.32 Å². The van der Waals surface area contributed by atoms with Crippen LogP contribution in [0.1, 0.15) is 27.2 Å². The van der Waals surface area contributed by atoms with Gasteiger partial charge in [-0.15, -0.1) is 0 Å². The zero-order chi connectivity index (χ0) is 10.2. The lowest BCUT2D eigenvalue weighted by Gasteiger charge is -2.25. The predicted molar refractivity (Wildman–Crippen MR) is 45.5 cm³/mol. The lowest BCUT2D eigenvalue weighted by Crippen LogP contribution is -2.49. The van der Waals surface area contributed by atoms with E-state index < -0.39 is 12.0 Å². The van der Waals surface area contributed by atoms with Gasteiger partial charge in [-0.25, -0.2) is 8.78 Å². The fraction of sp³-hybridized carbons (Fsp3) is 0.889. The summed E-state index contributed by atoms with van der Waals surface area (Å²) in [5.41, 5.74) is -1.40.